The molecular formula is C9H9ClN2OS. The molecule has 0 aromatic carbocycles. The van der Waals surface area contributed by atoms with E-state index in [0.29, 0.717) is 10.8 Å². The van der Waals surface area contributed by atoms with Crippen molar-refractivity contribution in [2.45, 2.75) is 6.10 Å². The molecule has 0 aliphatic heterocycles. The predicted octanol–water partition coefficient (Wildman–Crippen LogP) is 2.22. The molecule has 0 aliphatic carbocycles. The summed E-state index contributed by atoms with van der Waals surface area (Å²) in [5.41, 5.74) is 0. The molecule has 2 rings (SSSR count). The van der Waals surface area contributed by atoms with Crippen LogP contribution in [0.5, 0.6) is 0 Å². The van der Waals surface area contributed by atoms with Gasteiger partial charge in [-0.15, -0.1) is 11.3 Å². The normalized spacial score (nSPS) is 13.1. The van der Waals surface area contributed by atoms with E-state index in [-0.39, 0.29) is 0 Å². The number of thiophene rings is 1. The van der Waals surface area contributed by atoms with E-state index in [1.54, 1.807) is 28.4 Å². The van der Waals surface area contributed by atoms with Crippen LogP contribution >= 0.6 is 22.9 Å². The quantitative estimate of drug-likeness (QED) is 0.856. The van der Waals surface area contributed by atoms with Crippen molar-refractivity contribution in [3.8, 4) is 0 Å². The van der Waals surface area contributed by atoms with Gasteiger partial charge >= 0.3 is 0 Å². The van der Waals surface area contributed by atoms with Gasteiger partial charge in [0.2, 0.25) is 0 Å². The molecule has 1 atom stereocenters. The Morgan fingerprint density at radius 1 is 1.64 bits per heavy atom. The number of aliphatic hydroxyl groups is 1. The monoisotopic (exact) mass is 228 g/mol. The minimum atomic E-state index is -0.688. The highest BCUT2D eigenvalue weighted by atomic mass is 35.5. The second-order valence-electron chi connectivity index (χ2n) is 2.97. The third-order valence-electron chi connectivity index (χ3n) is 1.96. The number of halogens is 1. The fourth-order valence-electron chi connectivity index (χ4n) is 1.24. The van der Waals surface area contributed by atoms with Gasteiger partial charge in [0, 0.05) is 29.7 Å². The second-order valence-corrected chi connectivity index (χ2v) is 4.35. The summed E-state index contributed by atoms with van der Waals surface area (Å²) in [5, 5.41) is 12.4. The number of hydrogen-bond acceptors (Lipinski definition) is 3. The van der Waals surface area contributed by atoms with Gasteiger partial charge in [-0.2, -0.15) is 0 Å². The summed E-state index contributed by atoms with van der Waals surface area (Å²) in [6.07, 6.45) is 2.77. The smallest absolute Gasteiger partial charge is 0.146 e. The summed E-state index contributed by atoms with van der Waals surface area (Å²) in [5.74, 6) is 0.628. The maximum absolute atomic E-state index is 9.94. The molecule has 0 spiro atoms. The highest BCUT2D eigenvalue weighted by Gasteiger charge is 2.16. The van der Waals surface area contributed by atoms with Crippen molar-refractivity contribution in [2.24, 2.45) is 7.05 Å². The third-order valence-corrected chi connectivity index (χ3v) is 3.29. The maximum Gasteiger partial charge on any atom is 0.146 e. The Balaban J connectivity index is 2.33. The minimum Gasteiger partial charge on any atom is -0.380 e. The lowest BCUT2D eigenvalue weighted by atomic mass is 10.3. The van der Waals surface area contributed by atoms with Crippen molar-refractivity contribution in [1.82, 2.24) is 9.55 Å². The highest BCUT2D eigenvalue weighted by molar-refractivity contribution is 7.10. The van der Waals surface area contributed by atoms with Crippen molar-refractivity contribution in [3.05, 3.63) is 39.6 Å². The number of hydrogen-bond donors (Lipinski definition) is 1. The van der Waals surface area contributed by atoms with Crippen molar-refractivity contribution >= 4 is 22.9 Å². The Labute approximate surface area is 90.6 Å². The average Bonchev–Trinajstić information content (AvgIpc) is 2.73. The van der Waals surface area contributed by atoms with Crippen LogP contribution in [0.1, 0.15) is 16.8 Å². The van der Waals surface area contributed by atoms with Crippen LogP contribution in [0.3, 0.4) is 0 Å². The van der Waals surface area contributed by atoms with Crippen LogP contribution < -0.4 is 0 Å². The summed E-state index contributed by atoms with van der Waals surface area (Å²) < 4.78 is 1.79. The van der Waals surface area contributed by atoms with Gasteiger partial charge in [-0.1, -0.05) is 11.6 Å². The highest BCUT2D eigenvalue weighted by Crippen LogP contribution is 2.28. The zero-order chi connectivity index (χ0) is 10.1. The standard InChI is InChI=1S/C9H9ClN2OS/c1-12-3-2-11-9(12)8(13)7-4-6(10)5-14-7/h2-5,8,13H,1H3. The zero-order valence-electron chi connectivity index (χ0n) is 7.51. The summed E-state index contributed by atoms with van der Waals surface area (Å²) in [6, 6.07) is 1.76. The Morgan fingerprint density at radius 3 is 2.93 bits per heavy atom. The number of aliphatic hydroxyl groups excluding tert-OH is 1. The molecule has 2 aromatic rings. The van der Waals surface area contributed by atoms with Gasteiger partial charge in [0.05, 0.1) is 5.02 Å². The predicted molar refractivity (Wildman–Crippen MR) is 56.6 cm³/mol. The fourth-order valence-corrected chi connectivity index (χ4v) is 2.30. The number of rotatable bonds is 2. The van der Waals surface area contributed by atoms with Crippen LogP contribution in [-0.2, 0) is 7.05 Å². The van der Waals surface area contributed by atoms with E-state index >= 15 is 0 Å². The minimum absolute atomic E-state index is 0.628. The number of imidazole rings is 1. The third kappa shape index (κ3) is 1.68. The van der Waals surface area contributed by atoms with E-state index in [0.717, 1.165) is 4.88 Å². The summed E-state index contributed by atoms with van der Waals surface area (Å²) in [4.78, 5) is 4.89. The van der Waals surface area contributed by atoms with Gasteiger partial charge in [0.25, 0.3) is 0 Å². The Hall–Kier alpha value is -0.840. The van der Waals surface area contributed by atoms with Crippen molar-refractivity contribution < 1.29 is 5.11 Å². The molecule has 3 nitrogen and oxygen atoms in total. The lowest BCUT2D eigenvalue weighted by Gasteiger charge is -2.07. The molecule has 0 radical (unpaired) electrons. The Kier molecular flexibility index (Phi) is 2.58. The Bertz CT molecular complexity index is 437. The van der Waals surface area contributed by atoms with E-state index in [9.17, 15) is 5.11 Å². The lowest BCUT2D eigenvalue weighted by molar-refractivity contribution is 0.210. The first-order valence-corrected chi connectivity index (χ1v) is 5.33. The van der Waals surface area contributed by atoms with Gasteiger partial charge in [-0.3, -0.25) is 0 Å². The molecule has 1 unspecified atom stereocenters. The zero-order valence-corrected chi connectivity index (χ0v) is 9.09. The van der Waals surface area contributed by atoms with Gasteiger partial charge in [0.1, 0.15) is 11.9 Å². The van der Waals surface area contributed by atoms with E-state index in [1.165, 1.54) is 11.3 Å². The molecule has 14 heavy (non-hydrogen) atoms. The van der Waals surface area contributed by atoms with Gasteiger partial charge < -0.3 is 9.67 Å². The number of aromatic nitrogens is 2. The first kappa shape index (κ1) is 9.71. The molecular weight excluding hydrogens is 220 g/mol. The molecule has 2 heterocycles. The van der Waals surface area contributed by atoms with Crippen molar-refractivity contribution in [1.29, 1.82) is 0 Å². The number of aryl methyl sites for hydroxylation is 1. The molecule has 0 aliphatic rings. The van der Waals surface area contributed by atoms with Crippen LogP contribution in [0.4, 0.5) is 0 Å². The molecule has 0 bridgehead atoms. The topological polar surface area (TPSA) is 38.0 Å². The van der Waals surface area contributed by atoms with Crippen LogP contribution in [0, 0.1) is 0 Å². The first-order valence-electron chi connectivity index (χ1n) is 4.07. The van der Waals surface area contributed by atoms with Crippen LogP contribution in [0.2, 0.25) is 5.02 Å². The van der Waals surface area contributed by atoms with E-state index < -0.39 is 6.10 Å². The largest absolute Gasteiger partial charge is 0.380 e. The van der Waals surface area contributed by atoms with Gasteiger partial charge in [0.15, 0.2) is 0 Å². The van der Waals surface area contributed by atoms with E-state index in [4.69, 9.17) is 11.6 Å². The molecule has 0 saturated carbocycles. The van der Waals surface area contributed by atoms with Crippen LogP contribution in [-0.4, -0.2) is 14.7 Å². The average molecular weight is 229 g/mol. The van der Waals surface area contributed by atoms with E-state index in [1.807, 2.05) is 7.05 Å². The fraction of sp³-hybridized carbons (Fsp3) is 0.222. The lowest BCUT2D eigenvalue weighted by Crippen LogP contribution is -2.05. The molecule has 1 N–H and O–H groups in total. The number of nitrogens with zero attached hydrogens (tertiary/aromatic N) is 2. The molecule has 0 fully saturated rings. The van der Waals surface area contributed by atoms with E-state index in [2.05, 4.69) is 4.98 Å². The van der Waals surface area contributed by atoms with Crippen LogP contribution in [0.15, 0.2) is 23.8 Å². The molecule has 74 valence electrons. The molecule has 2 aromatic heterocycles. The van der Waals surface area contributed by atoms with Crippen LogP contribution in [0.25, 0.3) is 0 Å². The van der Waals surface area contributed by atoms with Gasteiger partial charge in [-0.25, -0.2) is 4.98 Å². The molecule has 5 heteroatoms. The SMILES string of the molecule is Cn1ccnc1C(O)c1cc(Cl)cs1. The van der Waals surface area contributed by atoms with Gasteiger partial charge in [-0.05, 0) is 6.07 Å². The second kappa shape index (κ2) is 3.73. The summed E-state index contributed by atoms with van der Waals surface area (Å²) in [7, 11) is 1.85. The maximum atomic E-state index is 9.94. The summed E-state index contributed by atoms with van der Waals surface area (Å²) in [6.45, 7) is 0. The molecule has 0 amide bonds. The van der Waals surface area contributed by atoms with Crippen molar-refractivity contribution in [2.75, 3.05) is 0 Å². The Morgan fingerprint density at radius 2 is 2.43 bits per heavy atom. The summed E-state index contributed by atoms with van der Waals surface area (Å²) >= 11 is 7.21. The first-order chi connectivity index (χ1) is 6.68. The van der Waals surface area contributed by atoms with Crippen molar-refractivity contribution in [3.63, 3.8) is 0 Å². The molecule has 0 saturated heterocycles.